The van der Waals surface area contributed by atoms with Gasteiger partial charge in [0.25, 0.3) is 0 Å². The van der Waals surface area contributed by atoms with E-state index >= 15 is 0 Å². The lowest BCUT2D eigenvalue weighted by Gasteiger charge is -2.45. The zero-order valence-corrected chi connectivity index (χ0v) is 18.1. The summed E-state index contributed by atoms with van der Waals surface area (Å²) >= 11 is 0. The topological polar surface area (TPSA) is 56.8 Å². The van der Waals surface area contributed by atoms with Gasteiger partial charge in [-0.2, -0.15) is 0 Å². The fraction of sp³-hybridized carbons (Fsp3) is 0.480. The molecule has 1 N–H and O–H groups in total. The van der Waals surface area contributed by atoms with Crippen molar-refractivity contribution in [3.05, 3.63) is 59.4 Å². The van der Waals surface area contributed by atoms with Crippen molar-refractivity contribution < 1.29 is 23.4 Å². The summed E-state index contributed by atoms with van der Waals surface area (Å²) in [5, 5.41) is 3.16. The monoisotopic (exact) mass is 427 g/mol. The molecule has 0 radical (unpaired) electrons. The highest BCUT2D eigenvalue weighted by Gasteiger charge is 2.41. The summed E-state index contributed by atoms with van der Waals surface area (Å²) in [5.74, 6) is 1.26. The number of ether oxygens (including phenoxy) is 3. The molecule has 1 aliphatic heterocycles. The van der Waals surface area contributed by atoms with E-state index in [9.17, 15) is 9.18 Å². The van der Waals surface area contributed by atoms with Crippen LogP contribution in [0.4, 0.5) is 4.39 Å². The average molecular weight is 428 g/mol. The van der Waals surface area contributed by atoms with Crippen LogP contribution < -0.4 is 14.8 Å². The summed E-state index contributed by atoms with van der Waals surface area (Å²) in [4.78, 5) is 11.9. The Morgan fingerprint density at radius 3 is 2.77 bits per heavy atom. The van der Waals surface area contributed by atoms with E-state index in [1.807, 2.05) is 24.3 Å². The number of hydrogen-bond acceptors (Lipinski definition) is 4. The number of benzene rings is 2. The van der Waals surface area contributed by atoms with Crippen LogP contribution in [0.15, 0.2) is 42.5 Å². The molecule has 5 nitrogen and oxygen atoms in total. The third kappa shape index (κ3) is 5.01. The number of amides is 1. The standard InChI is InChI=1S/C25H30FNO4/c1-16(28)27-21-14-24(31-22-11-4-3-9-19(21)22)20-10-6-12-23(29-2)25(20)30-15-17-7-5-8-18(26)13-17/h5-8,10,12-13,19,21-22,24H,3-4,9,11,14-15H2,1-2H3,(H,27,28)/t19-,21+,22+,24+/m0/s1. The highest BCUT2D eigenvalue weighted by Crippen LogP contribution is 2.45. The Kier molecular flexibility index (Phi) is 6.76. The fourth-order valence-electron chi connectivity index (χ4n) is 4.94. The molecule has 2 aromatic rings. The third-order valence-electron chi connectivity index (χ3n) is 6.31. The largest absolute Gasteiger partial charge is 0.493 e. The van der Waals surface area contributed by atoms with E-state index in [-0.39, 0.29) is 36.6 Å². The van der Waals surface area contributed by atoms with Gasteiger partial charge in [-0.05, 0) is 43.0 Å². The molecule has 2 aromatic carbocycles. The fourth-order valence-corrected chi connectivity index (χ4v) is 4.94. The Labute approximate surface area is 182 Å². The molecule has 6 heteroatoms. The van der Waals surface area contributed by atoms with Crippen molar-refractivity contribution in [3.8, 4) is 11.5 Å². The summed E-state index contributed by atoms with van der Waals surface area (Å²) in [5.41, 5.74) is 1.64. The van der Waals surface area contributed by atoms with Crippen LogP contribution in [-0.2, 0) is 16.1 Å². The van der Waals surface area contributed by atoms with Gasteiger partial charge in [0, 0.05) is 24.4 Å². The predicted molar refractivity (Wildman–Crippen MR) is 116 cm³/mol. The van der Waals surface area contributed by atoms with Gasteiger partial charge in [0.2, 0.25) is 5.91 Å². The molecule has 4 rings (SSSR count). The molecular formula is C25H30FNO4. The molecule has 1 aliphatic carbocycles. The first-order valence-corrected chi connectivity index (χ1v) is 11.0. The molecule has 166 valence electrons. The minimum absolute atomic E-state index is 0.0109. The number of fused-ring (bicyclic) bond motifs is 1. The van der Waals surface area contributed by atoms with E-state index in [0.717, 1.165) is 30.4 Å². The summed E-state index contributed by atoms with van der Waals surface area (Å²) < 4.78 is 31.8. The van der Waals surface area contributed by atoms with E-state index in [0.29, 0.717) is 23.8 Å². The lowest BCUT2D eigenvalue weighted by atomic mass is 9.76. The van der Waals surface area contributed by atoms with Crippen molar-refractivity contribution in [3.63, 3.8) is 0 Å². The molecule has 31 heavy (non-hydrogen) atoms. The van der Waals surface area contributed by atoms with Crippen LogP contribution in [-0.4, -0.2) is 25.2 Å². The molecule has 2 aliphatic rings. The number of para-hydroxylation sites is 1. The Balaban J connectivity index is 1.61. The van der Waals surface area contributed by atoms with Gasteiger partial charge in [0.05, 0.1) is 19.3 Å². The van der Waals surface area contributed by atoms with E-state index in [1.165, 1.54) is 18.6 Å². The number of carbonyl (C=O) groups is 1. The smallest absolute Gasteiger partial charge is 0.217 e. The van der Waals surface area contributed by atoms with Crippen molar-refractivity contribution in [2.75, 3.05) is 7.11 Å². The predicted octanol–water partition coefficient (Wildman–Crippen LogP) is 4.94. The second-order valence-corrected chi connectivity index (χ2v) is 8.45. The highest BCUT2D eigenvalue weighted by atomic mass is 19.1. The number of nitrogens with one attached hydrogen (secondary N) is 1. The summed E-state index contributed by atoms with van der Waals surface area (Å²) in [6.45, 7) is 1.79. The molecule has 0 spiro atoms. The molecule has 1 heterocycles. The zero-order chi connectivity index (χ0) is 21.8. The lowest BCUT2D eigenvalue weighted by molar-refractivity contribution is -0.131. The molecule has 4 atom stereocenters. The zero-order valence-electron chi connectivity index (χ0n) is 18.1. The van der Waals surface area contributed by atoms with Crippen molar-refractivity contribution in [1.29, 1.82) is 0 Å². The van der Waals surface area contributed by atoms with Crippen LogP contribution >= 0.6 is 0 Å². The maximum atomic E-state index is 13.6. The molecule has 1 amide bonds. The minimum Gasteiger partial charge on any atom is -0.493 e. The van der Waals surface area contributed by atoms with Crippen LogP contribution in [0, 0.1) is 11.7 Å². The highest BCUT2D eigenvalue weighted by molar-refractivity contribution is 5.73. The first kappa shape index (κ1) is 21.6. The van der Waals surface area contributed by atoms with Crippen molar-refractivity contribution in [2.45, 2.75) is 63.9 Å². The quantitative estimate of drug-likeness (QED) is 0.710. The van der Waals surface area contributed by atoms with E-state index in [4.69, 9.17) is 14.2 Å². The number of carbonyl (C=O) groups excluding carboxylic acids is 1. The minimum atomic E-state index is -0.293. The maximum absolute atomic E-state index is 13.6. The second kappa shape index (κ2) is 9.69. The molecule has 2 fully saturated rings. The van der Waals surface area contributed by atoms with Crippen molar-refractivity contribution in [2.24, 2.45) is 5.92 Å². The average Bonchev–Trinajstić information content (AvgIpc) is 2.77. The molecular weight excluding hydrogens is 397 g/mol. The SMILES string of the molecule is COc1cccc([C@H]2C[C@@H](NC(C)=O)[C@@H]3CCCC[C@H]3O2)c1OCc1cccc(F)c1. The van der Waals surface area contributed by atoms with Crippen LogP contribution in [0.3, 0.4) is 0 Å². The summed E-state index contributed by atoms with van der Waals surface area (Å²) in [7, 11) is 1.60. The van der Waals surface area contributed by atoms with E-state index in [2.05, 4.69) is 5.32 Å². The normalized spacial score (nSPS) is 25.4. The first-order chi connectivity index (χ1) is 15.0. The number of methoxy groups -OCH3 is 1. The molecule has 0 aromatic heterocycles. The van der Waals surface area contributed by atoms with E-state index < -0.39 is 0 Å². The van der Waals surface area contributed by atoms with Crippen LogP contribution in [0.2, 0.25) is 0 Å². The van der Waals surface area contributed by atoms with Crippen molar-refractivity contribution >= 4 is 5.91 Å². The van der Waals surface area contributed by atoms with Crippen molar-refractivity contribution in [1.82, 2.24) is 5.32 Å². The molecule has 0 unspecified atom stereocenters. The third-order valence-corrected chi connectivity index (χ3v) is 6.31. The Bertz CT molecular complexity index is 918. The van der Waals surface area contributed by atoms with Crippen LogP contribution in [0.5, 0.6) is 11.5 Å². The van der Waals surface area contributed by atoms with Gasteiger partial charge in [-0.15, -0.1) is 0 Å². The number of hydrogen-bond donors (Lipinski definition) is 1. The summed E-state index contributed by atoms with van der Waals surface area (Å²) in [6, 6.07) is 12.2. The van der Waals surface area contributed by atoms with Gasteiger partial charge < -0.3 is 19.5 Å². The summed E-state index contributed by atoms with van der Waals surface area (Å²) in [6.07, 6.45) is 4.98. The Hall–Kier alpha value is -2.60. The number of halogens is 1. The van der Waals surface area contributed by atoms with Gasteiger partial charge in [-0.25, -0.2) is 4.39 Å². The molecule has 0 bridgehead atoms. The second-order valence-electron chi connectivity index (χ2n) is 8.45. The Morgan fingerprint density at radius 1 is 1.19 bits per heavy atom. The molecule has 1 saturated heterocycles. The number of rotatable bonds is 6. The van der Waals surface area contributed by atoms with Crippen LogP contribution in [0.25, 0.3) is 0 Å². The molecule has 1 saturated carbocycles. The lowest BCUT2D eigenvalue weighted by Crippen LogP contribution is -2.50. The van der Waals surface area contributed by atoms with E-state index in [1.54, 1.807) is 20.1 Å². The van der Waals surface area contributed by atoms with Gasteiger partial charge in [-0.3, -0.25) is 4.79 Å². The first-order valence-electron chi connectivity index (χ1n) is 11.0. The Morgan fingerprint density at radius 2 is 2.00 bits per heavy atom. The van der Waals surface area contributed by atoms with Gasteiger partial charge in [0.1, 0.15) is 12.4 Å². The van der Waals surface area contributed by atoms with Gasteiger partial charge >= 0.3 is 0 Å². The van der Waals surface area contributed by atoms with Gasteiger partial charge in [-0.1, -0.05) is 37.1 Å². The van der Waals surface area contributed by atoms with Crippen LogP contribution in [0.1, 0.15) is 56.3 Å². The maximum Gasteiger partial charge on any atom is 0.217 e. The van der Waals surface area contributed by atoms with Gasteiger partial charge in [0.15, 0.2) is 11.5 Å².